The van der Waals surface area contributed by atoms with Crippen molar-refractivity contribution in [3.8, 4) is 0 Å². The van der Waals surface area contributed by atoms with Crippen molar-refractivity contribution in [2.45, 2.75) is 38.6 Å². The highest BCUT2D eigenvalue weighted by atomic mass is 79.9. The first-order chi connectivity index (χ1) is 8.61. The van der Waals surface area contributed by atoms with Gasteiger partial charge < -0.3 is 11.1 Å². The van der Waals surface area contributed by atoms with Crippen LogP contribution in [0.5, 0.6) is 0 Å². The largest absolute Gasteiger partial charge is 0.383 e. The third-order valence-corrected chi connectivity index (χ3v) is 4.91. The zero-order valence-electron chi connectivity index (χ0n) is 10.6. The second-order valence-electron chi connectivity index (χ2n) is 5.71. The molecule has 18 heavy (non-hydrogen) atoms. The van der Waals surface area contributed by atoms with Gasteiger partial charge >= 0.3 is 0 Å². The number of nitrogens with zero attached hydrogens (tertiary/aromatic N) is 2. The van der Waals surface area contributed by atoms with Gasteiger partial charge in [0, 0.05) is 12.1 Å². The number of fused-ring (bicyclic) bond motifs is 2. The second kappa shape index (κ2) is 4.68. The van der Waals surface area contributed by atoms with Gasteiger partial charge in [-0.2, -0.15) is 4.98 Å². The Morgan fingerprint density at radius 1 is 1.39 bits per heavy atom. The summed E-state index contributed by atoms with van der Waals surface area (Å²) in [7, 11) is 0. The third-order valence-electron chi connectivity index (χ3n) is 4.51. The molecule has 0 spiro atoms. The van der Waals surface area contributed by atoms with E-state index in [9.17, 15) is 0 Å². The minimum Gasteiger partial charge on any atom is -0.383 e. The molecular weight excluding hydrogens is 292 g/mol. The minimum absolute atomic E-state index is 0.425. The first kappa shape index (κ1) is 12.2. The summed E-state index contributed by atoms with van der Waals surface area (Å²) in [5.74, 6) is 3.78. The van der Waals surface area contributed by atoms with Crippen LogP contribution in [0.25, 0.3) is 0 Å². The minimum atomic E-state index is 0.425. The molecule has 4 unspecified atom stereocenters. The summed E-state index contributed by atoms with van der Waals surface area (Å²) in [5, 5.41) is 3.42. The number of nitrogens with one attached hydrogen (secondary N) is 1. The van der Waals surface area contributed by atoms with Crippen molar-refractivity contribution in [1.82, 2.24) is 9.97 Å². The molecule has 3 rings (SSSR count). The van der Waals surface area contributed by atoms with Crippen molar-refractivity contribution in [1.29, 1.82) is 0 Å². The maximum Gasteiger partial charge on any atom is 0.225 e. The smallest absolute Gasteiger partial charge is 0.225 e. The Bertz CT molecular complexity index is 430. The summed E-state index contributed by atoms with van der Waals surface area (Å²) < 4.78 is 0.734. The number of anilines is 2. The third kappa shape index (κ3) is 2.32. The molecule has 0 radical (unpaired) electrons. The molecule has 4 atom stereocenters. The van der Waals surface area contributed by atoms with Gasteiger partial charge in [0.1, 0.15) is 10.4 Å². The standard InChI is InChI=1S/C13H19BrN4/c1-7(10-5-8-2-3-9(10)4-8)16-13-17-11(14)6-12(15)18-13/h6-10H,2-5H2,1H3,(H3,15,16,17,18). The molecule has 2 bridgehead atoms. The number of hydrogen-bond donors (Lipinski definition) is 2. The van der Waals surface area contributed by atoms with Gasteiger partial charge in [0.2, 0.25) is 5.95 Å². The molecule has 2 fully saturated rings. The molecule has 3 N–H and O–H groups in total. The predicted molar refractivity (Wildman–Crippen MR) is 76.2 cm³/mol. The van der Waals surface area contributed by atoms with E-state index in [0.717, 1.165) is 22.4 Å². The zero-order valence-corrected chi connectivity index (χ0v) is 12.2. The normalized spacial score (nSPS) is 31.6. The summed E-state index contributed by atoms with van der Waals surface area (Å²) >= 11 is 3.35. The lowest BCUT2D eigenvalue weighted by molar-refractivity contribution is 0.303. The fraction of sp³-hybridized carbons (Fsp3) is 0.692. The van der Waals surface area contributed by atoms with Crippen molar-refractivity contribution in [3.63, 3.8) is 0 Å². The number of nitrogen functional groups attached to an aromatic ring is 1. The van der Waals surface area contributed by atoms with Crippen LogP contribution in [-0.4, -0.2) is 16.0 Å². The monoisotopic (exact) mass is 310 g/mol. The number of halogens is 1. The van der Waals surface area contributed by atoms with Crippen LogP contribution in [0.15, 0.2) is 10.7 Å². The summed E-state index contributed by atoms with van der Waals surface area (Å²) in [6, 6.07) is 2.14. The van der Waals surface area contributed by atoms with E-state index in [4.69, 9.17) is 5.73 Å². The fourth-order valence-corrected chi connectivity index (χ4v) is 4.12. The summed E-state index contributed by atoms with van der Waals surface area (Å²) in [6.45, 7) is 2.24. The van der Waals surface area contributed by atoms with Crippen LogP contribution in [0.2, 0.25) is 0 Å². The van der Waals surface area contributed by atoms with E-state index >= 15 is 0 Å². The topological polar surface area (TPSA) is 63.8 Å². The lowest BCUT2D eigenvalue weighted by Gasteiger charge is -2.28. The first-order valence-electron chi connectivity index (χ1n) is 6.68. The average molecular weight is 311 g/mol. The maximum absolute atomic E-state index is 5.73. The number of rotatable bonds is 3. The summed E-state index contributed by atoms with van der Waals surface area (Å²) in [5.41, 5.74) is 5.73. The van der Waals surface area contributed by atoms with Gasteiger partial charge in [-0.05, 0) is 59.9 Å². The summed E-state index contributed by atoms with van der Waals surface area (Å²) in [4.78, 5) is 8.55. The number of nitrogens with two attached hydrogens (primary N) is 1. The average Bonchev–Trinajstić information content (AvgIpc) is 2.88. The highest BCUT2D eigenvalue weighted by Crippen LogP contribution is 2.49. The molecule has 1 aromatic heterocycles. The van der Waals surface area contributed by atoms with Crippen LogP contribution in [0, 0.1) is 17.8 Å². The van der Waals surface area contributed by atoms with Gasteiger partial charge in [-0.15, -0.1) is 0 Å². The molecule has 5 heteroatoms. The molecular formula is C13H19BrN4. The zero-order chi connectivity index (χ0) is 12.7. The first-order valence-corrected chi connectivity index (χ1v) is 7.47. The highest BCUT2D eigenvalue weighted by Gasteiger charge is 2.41. The lowest BCUT2D eigenvalue weighted by atomic mass is 9.84. The van der Waals surface area contributed by atoms with Crippen molar-refractivity contribution in [2.75, 3.05) is 11.1 Å². The molecule has 0 aliphatic heterocycles. The van der Waals surface area contributed by atoms with Crippen LogP contribution >= 0.6 is 15.9 Å². The van der Waals surface area contributed by atoms with E-state index < -0.39 is 0 Å². The SMILES string of the molecule is CC(Nc1nc(N)cc(Br)n1)C1CC2CCC1C2. The second-order valence-corrected chi connectivity index (χ2v) is 6.52. The van der Waals surface area contributed by atoms with Gasteiger partial charge in [0.05, 0.1) is 0 Å². The number of aromatic nitrogens is 2. The highest BCUT2D eigenvalue weighted by molar-refractivity contribution is 9.10. The van der Waals surface area contributed by atoms with Crippen molar-refractivity contribution in [3.05, 3.63) is 10.7 Å². The number of hydrogen-bond acceptors (Lipinski definition) is 4. The Balaban J connectivity index is 1.68. The molecule has 2 saturated carbocycles. The van der Waals surface area contributed by atoms with E-state index in [1.165, 1.54) is 25.7 Å². The van der Waals surface area contributed by atoms with Crippen LogP contribution < -0.4 is 11.1 Å². The molecule has 0 aromatic carbocycles. The van der Waals surface area contributed by atoms with Gasteiger partial charge in [0.25, 0.3) is 0 Å². The molecule has 2 aliphatic rings. The van der Waals surface area contributed by atoms with Crippen molar-refractivity contribution >= 4 is 27.7 Å². The van der Waals surface area contributed by atoms with Gasteiger partial charge in [-0.3, -0.25) is 0 Å². The van der Waals surface area contributed by atoms with Gasteiger partial charge in [-0.1, -0.05) is 6.42 Å². The van der Waals surface area contributed by atoms with Crippen LogP contribution in [0.1, 0.15) is 32.6 Å². The van der Waals surface area contributed by atoms with E-state index in [-0.39, 0.29) is 0 Å². The van der Waals surface area contributed by atoms with Crippen LogP contribution in [0.3, 0.4) is 0 Å². The lowest BCUT2D eigenvalue weighted by Crippen LogP contribution is -2.30. The van der Waals surface area contributed by atoms with Crippen LogP contribution in [-0.2, 0) is 0 Å². The predicted octanol–water partition coefficient (Wildman–Crippen LogP) is 3.06. The Kier molecular flexibility index (Phi) is 3.18. The fourth-order valence-electron chi connectivity index (χ4n) is 3.72. The molecule has 1 aromatic rings. The van der Waals surface area contributed by atoms with E-state index in [2.05, 4.69) is 38.1 Å². The van der Waals surface area contributed by atoms with E-state index in [1.807, 2.05) is 0 Å². The van der Waals surface area contributed by atoms with Crippen molar-refractivity contribution in [2.24, 2.45) is 17.8 Å². The van der Waals surface area contributed by atoms with E-state index in [0.29, 0.717) is 17.8 Å². The Morgan fingerprint density at radius 2 is 2.22 bits per heavy atom. The Morgan fingerprint density at radius 3 is 2.83 bits per heavy atom. The Labute approximate surface area is 116 Å². The van der Waals surface area contributed by atoms with Gasteiger partial charge in [0.15, 0.2) is 0 Å². The Hall–Kier alpha value is -0.840. The van der Waals surface area contributed by atoms with Gasteiger partial charge in [-0.25, -0.2) is 4.98 Å². The molecule has 2 aliphatic carbocycles. The summed E-state index contributed by atoms with van der Waals surface area (Å²) in [6.07, 6.45) is 5.64. The maximum atomic E-state index is 5.73. The molecule has 98 valence electrons. The molecule has 0 saturated heterocycles. The van der Waals surface area contributed by atoms with Crippen molar-refractivity contribution < 1.29 is 0 Å². The molecule has 1 heterocycles. The molecule has 4 nitrogen and oxygen atoms in total. The van der Waals surface area contributed by atoms with E-state index in [1.54, 1.807) is 6.07 Å². The quantitative estimate of drug-likeness (QED) is 0.842. The molecule has 0 amide bonds. The van der Waals surface area contributed by atoms with Crippen LogP contribution in [0.4, 0.5) is 11.8 Å².